The highest BCUT2D eigenvalue weighted by Gasteiger charge is 2.25. The average molecular weight is 440 g/mol. The van der Waals surface area contributed by atoms with Gasteiger partial charge in [-0.25, -0.2) is 0 Å². The summed E-state index contributed by atoms with van der Waals surface area (Å²) < 4.78 is 10.8. The van der Waals surface area contributed by atoms with Crippen LogP contribution in [0, 0.1) is 0 Å². The molecule has 0 aliphatic carbocycles. The fraction of sp³-hybridized carbons (Fsp3) is 0.500. The van der Waals surface area contributed by atoms with Crippen molar-refractivity contribution in [3.8, 4) is 5.75 Å². The minimum Gasteiger partial charge on any atom is -0.497 e. The van der Waals surface area contributed by atoms with Gasteiger partial charge in [0.15, 0.2) is 0 Å². The molecule has 32 heavy (non-hydrogen) atoms. The van der Waals surface area contributed by atoms with Gasteiger partial charge in [0.05, 0.1) is 13.7 Å². The Morgan fingerprint density at radius 1 is 1.06 bits per heavy atom. The zero-order chi connectivity index (χ0) is 22.6. The van der Waals surface area contributed by atoms with Crippen LogP contribution in [0.25, 0.3) is 0 Å². The molecule has 6 heteroatoms. The number of piperazine rings is 1. The Bertz CT molecular complexity index is 798. The number of nitrogens with zero attached hydrogens (tertiary/aromatic N) is 2. The number of ether oxygens (including phenoxy) is 2. The molecule has 0 radical (unpaired) electrons. The minimum absolute atomic E-state index is 0.107. The van der Waals surface area contributed by atoms with Crippen molar-refractivity contribution >= 4 is 5.91 Å². The van der Waals surface area contributed by atoms with Crippen LogP contribution >= 0.6 is 0 Å². The number of amides is 1. The van der Waals surface area contributed by atoms with Crippen molar-refractivity contribution < 1.29 is 14.3 Å². The Kier molecular flexibility index (Phi) is 10.0. The minimum atomic E-state index is 0.107. The SMILES string of the molecule is COc1ccc(COCCCC(=O)NCCCN2CCN(C)C[C@H]2c2ccccc2)cc1. The largest absolute Gasteiger partial charge is 0.497 e. The van der Waals surface area contributed by atoms with Gasteiger partial charge in [0, 0.05) is 51.8 Å². The van der Waals surface area contributed by atoms with Crippen LogP contribution in [-0.4, -0.2) is 69.2 Å². The van der Waals surface area contributed by atoms with Crippen molar-refractivity contribution in [3.05, 3.63) is 65.7 Å². The highest BCUT2D eigenvalue weighted by atomic mass is 16.5. The zero-order valence-electron chi connectivity index (χ0n) is 19.5. The molecule has 1 saturated heterocycles. The predicted molar refractivity (Wildman–Crippen MR) is 128 cm³/mol. The Balaban J connectivity index is 1.27. The number of rotatable bonds is 12. The number of carbonyl (C=O) groups excluding carboxylic acids is 1. The molecule has 2 aromatic carbocycles. The van der Waals surface area contributed by atoms with E-state index >= 15 is 0 Å². The summed E-state index contributed by atoms with van der Waals surface area (Å²) in [5.74, 6) is 0.949. The number of methoxy groups -OCH3 is 1. The summed E-state index contributed by atoms with van der Waals surface area (Å²) in [7, 11) is 3.85. The second-order valence-corrected chi connectivity index (χ2v) is 8.43. The van der Waals surface area contributed by atoms with E-state index in [1.807, 2.05) is 24.3 Å². The molecule has 0 bridgehead atoms. The normalized spacial score (nSPS) is 17.2. The Morgan fingerprint density at radius 2 is 1.84 bits per heavy atom. The third kappa shape index (κ3) is 7.93. The average Bonchev–Trinajstić information content (AvgIpc) is 2.83. The first-order valence-electron chi connectivity index (χ1n) is 11.6. The number of benzene rings is 2. The fourth-order valence-corrected chi connectivity index (χ4v) is 4.06. The Labute approximate surface area is 192 Å². The van der Waals surface area contributed by atoms with Crippen LogP contribution in [0.5, 0.6) is 5.75 Å². The lowest BCUT2D eigenvalue weighted by atomic mass is 10.0. The lowest BCUT2D eigenvalue weighted by molar-refractivity contribution is -0.121. The number of hydrogen-bond acceptors (Lipinski definition) is 5. The second-order valence-electron chi connectivity index (χ2n) is 8.43. The molecule has 1 aliphatic rings. The molecular formula is C26H37N3O3. The van der Waals surface area contributed by atoms with Gasteiger partial charge in [-0.3, -0.25) is 9.69 Å². The Hall–Kier alpha value is -2.41. The van der Waals surface area contributed by atoms with E-state index in [1.165, 1.54) is 5.56 Å². The molecule has 0 unspecified atom stereocenters. The number of nitrogens with one attached hydrogen (secondary N) is 1. The van der Waals surface area contributed by atoms with Crippen molar-refractivity contribution in [3.63, 3.8) is 0 Å². The first-order chi connectivity index (χ1) is 15.7. The number of hydrogen-bond donors (Lipinski definition) is 1. The van der Waals surface area contributed by atoms with Crippen LogP contribution in [0.2, 0.25) is 0 Å². The maximum absolute atomic E-state index is 12.1. The van der Waals surface area contributed by atoms with Gasteiger partial charge in [-0.1, -0.05) is 42.5 Å². The third-order valence-electron chi connectivity index (χ3n) is 5.94. The van der Waals surface area contributed by atoms with Gasteiger partial charge in [-0.2, -0.15) is 0 Å². The van der Waals surface area contributed by atoms with Crippen LogP contribution in [0.3, 0.4) is 0 Å². The summed E-state index contributed by atoms with van der Waals surface area (Å²) in [6, 6.07) is 19.0. The van der Waals surface area contributed by atoms with E-state index < -0.39 is 0 Å². The lowest BCUT2D eigenvalue weighted by Gasteiger charge is -2.40. The molecule has 1 atom stereocenters. The molecule has 174 valence electrons. The van der Waals surface area contributed by atoms with Crippen molar-refractivity contribution in [1.82, 2.24) is 15.1 Å². The van der Waals surface area contributed by atoms with E-state index in [2.05, 4.69) is 52.5 Å². The van der Waals surface area contributed by atoms with Gasteiger partial charge in [0.25, 0.3) is 0 Å². The van der Waals surface area contributed by atoms with Gasteiger partial charge < -0.3 is 19.7 Å². The second kappa shape index (κ2) is 13.2. The fourth-order valence-electron chi connectivity index (χ4n) is 4.06. The van der Waals surface area contributed by atoms with E-state index in [0.717, 1.165) is 56.9 Å². The Morgan fingerprint density at radius 3 is 2.59 bits per heavy atom. The molecule has 6 nitrogen and oxygen atoms in total. The standard InChI is InChI=1S/C26H37N3O3/c1-28-17-18-29(25(20-28)23-8-4-3-5-9-23)16-7-15-27-26(30)10-6-19-32-21-22-11-13-24(31-2)14-12-22/h3-5,8-9,11-14,25H,6-7,10,15-21H2,1-2H3,(H,27,30)/t25-/m0/s1. The summed E-state index contributed by atoms with van der Waals surface area (Å²) in [5.41, 5.74) is 2.48. The summed E-state index contributed by atoms with van der Waals surface area (Å²) >= 11 is 0. The summed E-state index contributed by atoms with van der Waals surface area (Å²) in [6.07, 6.45) is 2.20. The molecular weight excluding hydrogens is 402 g/mol. The van der Waals surface area contributed by atoms with Crippen molar-refractivity contribution in [1.29, 1.82) is 0 Å². The number of likely N-dealkylation sites (N-methyl/N-ethyl adjacent to an activating group) is 1. The van der Waals surface area contributed by atoms with Crippen molar-refractivity contribution in [2.75, 3.05) is 53.5 Å². The summed E-state index contributed by atoms with van der Waals surface area (Å²) in [6.45, 7) is 6.06. The first-order valence-corrected chi connectivity index (χ1v) is 11.6. The third-order valence-corrected chi connectivity index (χ3v) is 5.94. The molecule has 1 amide bonds. The number of carbonyl (C=O) groups is 1. The highest BCUT2D eigenvalue weighted by Crippen LogP contribution is 2.24. The zero-order valence-corrected chi connectivity index (χ0v) is 19.5. The topological polar surface area (TPSA) is 54.0 Å². The van der Waals surface area contributed by atoms with E-state index in [4.69, 9.17) is 9.47 Å². The van der Waals surface area contributed by atoms with Gasteiger partial charge in [0.2, 0.25) is 5.91 Å². The molecule has 0 aromatic heterocycles. The van der Waals surface area contributed by atoms with Crippen LogP contribution in [0.1, 0.15) is 36.4 Å². The smallest absolute Gasteiger partial charge is 0.220 e. The predicted octanol–water partition coefficient (Wildman–Crippen LogP) is 3.49. The maximum atomic E-state index is 12.1. The maximum Gasteiger partial charge on any atom is 0.220 e. The molecule has 0 spiro atoms. The van der Waals surface area contributed by atoms with E-state index in [9.17, 15) is 4.79 Å². The van der Waals surface area contributed by atoms with Crippen LogP contribution in [0.15, 0.2) is 54.6 Å². The van der Waals surface area contributed by atoms with Crippen LogP contribution in [-0.2, 0) is 16.1 Å². The van der Waals surface area contributed by atoms with E-state index in [-0.39, 0.29) is 5.91 Å². The molecule has 1 heterocycles. The molecule has 0 saturated carbocycles. The monoisotopic (exact) mass is 439 g/mol. The van der Waals surface area contributed by atoms with E-state index in [0.29, 0.717) is 25.7 Å². The summed E-state index contributed by atoms with van der Waals surface area (Å²) in [4.78, 5) is 17.1. The molecule has 1 N–H and O–H groups in total. The van der Waals surface area contributed by atoms with Gasteiger partial charge in [0.1, 0.15) is 5.75 Å². The molecule has 1 fully saturated rings. The van der Waals surface area contributed by atoms with Gasteiger partial charge in [-0.15, -0.1) is 0 Å². The first kappa shape index (κ1) is 24.2. The molecule has 1 aliphatic heterocycles. The summed E-state index contributed by atoms with van der Waals surface area (Å²) in [5, 5.41) is 3.06. The van der Waals surface area contributed by atoms with Gasteiger partial charge in [-0.05, 0) is 43.1 Å². The van der Waals surface area contributed by atoms with Crippen LogP contribution < -0.4 is 10.1 Å². The van der Waals surface area contributed by atoms with Crippen molar-refractivity contribution in [2.24, 2.45) is 0 Å². The lowest BCUT2D eigenvalue weighted by Crippen LogP contribution is -2.47. The van der Waals surface area contributed by atoms with Gasteiger partial charge >= 0.3 is 0 Å². The van der Waals surface area contributed by atoms with Crippen LogP contribution in [0.4, 0.5) is 0 Å². The highest BCUT2D eigenvalue weighted by molar-refractivity contribution is 5.75. The van der Waals surface area contributed by atoms with Crippen molar-refractivity contribution in [2.45, 2.75) is 31.9 Å². The molecule has 2 aromatic rings. The quantitative estimate of drug-likeness (QED) is 0.513. The molecule has 3 rings (SSSR count). The van der Waals surface area contributed by atoms with E-state index in [1.54, 1.807) is 7.11 Å².